The molecule has 2 rings (SSSR count). The van der Waals surface area contributed by atoms with Crippen LogP contribution in [-0.2, 0) is 9.53 Å². The van der Waals surface area contributed by atoms with Gasteiger partial charge in [-0.15, -0.1) is 0 Å². The number of amides is 2. The van der Waals surface area contributed by atoms with Gasteiger partial charge in [0.25, 0.3) is 5.91 Å². The smallest absolute Gasteiger partial charge is 0.254 e. The van der Waals surface area contributed by atoms with E-state index in [2.05, 4.69) is 10.6 Å². The largest absolute Gasteiger partial charge is 0.372 e. The number of carbonyl (C=O) groups excluding carboxylic acids is 2. The van der Waals surface area contributed by atoms with Gasteiger partial charge in [-0.3, -0.25) is 9.59 Å². The second-order valence-electron chi connectivity index (χ2n) is 6.49. The topological polar surface area (TPSA) is 70.7 Å². The molecule has 1 aliphatic rings. The van der Waals surface area contributed by atoms with Gasteiger partial charge in [-0.05, 0) is 45.2 Å². The fourth-order valence-electron chi connectivity index (χ4n) is 2.89. The minimum Gasteiger partial charge on any atom is -0.372 e. The number of nitrogens with zero attached hydrogens (tertiary/aromatic N) is 1. The number of nitrogens with one attached hydrogen (secondary N) is 2. The molecule has 1 fully saturated rings. The van der Waals surface area contributed by atoms with Gasteiger partial charge in [0.1, 0.15) is 0 Å². The molecule has 24 heavy (non-hydrogen) atoms. The van der Waals surface area contributed by atoms with E-state index in [9.17, 15) is 9.59 Å². The normalized spacial score (nSPS) is 22.1. The van der Waals surface area contributed by atoms with Gasteiger partial charge in [0.2, 0.25) is 5.91 Å². The van der Waals surface area contributed by atoms with Crippen molar-refractivity contribution in [1.29, 1.82) is 0 Å². The van der Waals surface area contributed by atoms with Crippen LogP contribution in [0.5, 0.6) is 0 Å². The van der Waals surface area contributed by atoms with Crippen molar-refractivity contribution >= 4 is 17.5 Å². The monoisotopic (exact) mass is 333 g/mol. The molecule has 6 nitrogen and oxygen atoms in total. The van der Waals surface area contributed by atoms with E-state index in [1.807, 2.05) is 32.7 Å². The molecular formula is C18H27N3O3. The predicted octanol–water partition coefficient (Wildman–Crippen LogP) is 1.73. The first-order chi connectivity index (χ1) is 11.4. The lowest BCUT2D eigenvalue weighted by atomic mass is 10.1. The first kappa shape index (κ1) is 18.4. The number of anilines is 1. The van der Waals surface area contributed by atoms with Crippen molar-refractivity contribution in [2.24, 2.45) is 5.92 Å². The molecular weight excluding hydrogens is 306 g/mol. The predicted molar refractivity (Wildman–Crippen MR) is 94.1 cm³/mol. The third-order valence-electron chi connectivity index (χ3n) is 4.06. The quantitative estimate of drug-likeness (QED) is 0.861. The Labute approximate surface area is 143 Å². The molecule has 1 aliphatic heterocycles. The third kappa shape index (κ3) is 4.79. The van der Waals surface area contributed by atoms with Crippen molar-refractivity contribution in [2.75, 3.05) is 32.0 Å². The summed E-state index contributed by atoms with van der Waals surface area (Å²) >= 11 is 0. The van der Waals surface area contributed by atoms with E-state index >= 15 is 0 Å². The van der Waals surface area contributed by atoms with E-state index in [0.717, 1.165) is 0 Å². The van der Waals surface area contributed by atoms with Crippen LogP contribution in [0.25, 0.3) is 0 Å². The Kier molecular flexibility index (Phi) is 6.34. The maximum absolute atomic E-state index is 12.6. The molecule has 3 atom stereocenters. The number of hydrogen-bond donors (Lipinski definition) is 2. The highest BCUT2D eigenvalue weighted by molar-refractivity contribution is 5.96. The van der Waals surface area contributed by atoms with Crippen LogP contribution in [0.15, 0.2) is 24.3 Å². The van der Waals surface area contributed by atoms with Crippen LogP contribution in [0.1, 0.15) is 31.1 Å². The molecule has 1 aromatic carbocycles. The van der Waals surface area contributed by atoms with Crippen molar-refractivity contribution in [3.05, 3.63) is 29.8 Å². The fraction of sp³-hybridized carbons (Fsp3) is 0.556. The molecule has 0 spiro atoms. The van der Waals surface area contributed by atoms with Gasteiger partial charge in [0.05, 0.1) is 12.2 Å². The lowest BCUT2D eigenvalue weighted by Crippen LogP contribution is -2.48. The molecule has 1 saturated heterocycles. The molecule has 1 aromatic rings. The summed E-state index contributed by atoms with van der Waals surface area (Å²) in [6.07, 6.45) is 0.0925. The summed E-state index contributed by atoms with van der Waals surface area (Å²) < 4.78 is 5.66. The van der Waals surface area contributed by atoms with Gasteiger partial charge in [0, 0.05) is 36.8 Å². The Balaban J connectivity index is 1.98. The maximum atomic E-state index is 12.6. The first-order valence-corrected chi connectivity index (χ1v) is 8.41. The van der Waals surface area contributed by atoms with Gasteiger partial charge in [-0.25, -0.2) is 0 Å². The van der Waals surface area contributed by atoms with Crippen LogP contribution < -0.4 is 10.6 Å². The number of ether oxygens (including phenoxy) is 1. The average Bonchev–Trinajstić information content (AvgIpc) is 2.54. The van der Waals surface area contributed by atoms with Crippen LogP contribution in [0.2, 0.25) is 0 Å². The minimum absolute atomic E-state index is 0.00146. The van der Waals surface area contributed by atoms with Crippen LogP contribution in [-0.4, -0.2) is 55.6 Å². The lowest BCUT2D eigenvalue weighted by Gasteiger charge is -2.35. The van der Waals surface area contributed by atoms with E-state index < -0.39 is 0 Å². The van der Waals surface area contributed by atoms with E-state index in [1.165, 1.54) is 0 Å². The molecule has 0 radical (unpaired) electrons. The summed E-state index contributed by atoms with van der Waals surface area (Å²) in [7, 11) is 1.82. The van der Waals surface area contributed by atoms with Gasteiger partial charge in [-0.2, -0.15) is 0 Å². The highest BCUT2D eigenvalue weighted by atomic mass is 16.5. The molecule has 3 unspecified atom stereocenters. The molecule has 0 saturated carbocycles. The minimum atomic E-state index is -0.118. The summed E-state index contributed by atoms with van der Waals surface area (Å²) in [5, 5.41) is 5.84. The van der Waals surface area contributed by atoms with E-state index in [-0.39, 0.29) is 29.9 Å². The summed E-state index contributed by atoms with van der Waals surface area (Å²) in [5.74, 6) is -0.162. The average molecular weight is 333 g/mol. The van der Waals surface area contributed by atoms with Crippen LogP contribution in [0, 0.1) is 5.92 Å². The maximum Gasteiger partial charge on any atom is 0.254 e. The number of rotatable bonds is 5. The zero-order valence-electron chi connectivity index (χ0n) is 14.8. The Morgan fingerprint density at radius 2 is 1.79 bits per heavy atom. The van der Waals surface area contributed by atoms with Gasteiger partial charge >= 0.3 is 0 Å². The van der Waals surface area contributed by atoms with Gasteiger partial charge in [0.15, 0.2) is 0 Å². The molecule has 0 aliphatic carbocycles. The summed E-state index contributed by atoms with van der Waals surface area (Å²) in [5.41, 5.74) is 1.32. The zero-order valence-corrected chi connectivity index (χ0v) is 14.8. The van der Waals surface area contributed by atoms with Crippen molar-refractivity contribution < 1.29 is 14.3 Å². The number of morpholine rings is 1. The van der Waals surface area contributed by atoms with Crippen LogP contribution >= 0.6 is 0 Å². The molecule has 2 amide bonds. The second kappa shape index (κ2) is 8.26. The summed E-state index contributed by atoms with van der Waals surface area (Å²) in [4.78, 5) is 26.4. The SMILES string of the molecule is CNCC(C)C(=O)Nc1ccc(C(=O)N2CC(C)OC(C)C2)cc1. The second-order valence-corrected chi connectivity index (χ2v) is 6.49. The highest BCUT2D eigenvalue weighted by Gasteiger charge is 2.26. The molecule has 132 valence electrons. The van der Waals surface area contributed by atoms with Crippen molar-refractivity contribution in [3.63, 3.8) is 0 Å². The molecule has 6 heteroatoms. The van der Waals surface area contributed by atoms with E-state index in [1.54, 1.807) is 24.3 Å². The zero-order chi connectivity index (χ0) is 17.7. The Morgan fingerprint density at radius 1 is 1.21 bits per heavy atom. The lowest BCUT2D eigenvalue weighted by molar-refractivity contribution is -0.119. The Bertz CT molecular complexity index is 563. The number of benzene rings is 1. The number of hydrogen-bond acceptors (Lipinski definition) is 4. The van der Waals surface area contributed by atoms with E-state index in [0.29, 0.717) is 30.9 Å². The van der Waals surface area contributed by atoms with E-state index in [4.69, 9.17) is 4.74 Å². The third-order valence-corrected chi connectivity index (χ3v) is 4.06. The first-order valence-electron chi connectivity index (χ1n) is 8.41. The standard InChI is InChI=1S/C18H27N3O3/c1-12(9-19-4)17(22)20-16-7-5-15(6-8-16)18(23)21-10-13(2)24-14(3)11-21/h5-8,12-14,19H,9-11H2,1-4H3,(H,20,22). The van der Waals surface area contributed by atoms with Crippen molar-refractivity contribution in [2.45, 2.75) is 33.0 Å². The van der Waals surface area contributed by atoms with Crippen LogP contribution in [0.3, 0.4) is 0 Å². The van der Waals surface area contributed by atoms with Crippen LogP contribution in [0.4, 0.5) is 5.69 Å². The highest BCUT2D eigenvalue weighted by Crippen LogP contribution is 2.16. The summed E-state index contributed by atoms with van der Waals surface area (Å²) in [6, 6.07) is 7.05. The van der Waals surface area contributed by atoms with Crippen molar-refractivity contribution in [1.82, 2.24) is 10.2 Å². The molecule has 2 N–H and O–H groups in total. The number of carbonyl (C=O) groups is 2. The fourth-order valence-corrected chi connectivity index (χ4v) is 2.89. The molecule has 0 bridgehead atoms. The molecule has 0 aromatic heterocycles. The summed E-state index contributed by atoms with van der Waals surface area (Å²) in [6.45, 7) is 7.63. The Morgan fingerprint density at radius 3 is 2.33 bits per heavy atom. The van der Waals surface area contributed by atoms with Crippen molar-refractivity contribution in [3.8, 4) is 0 Å². The van der Waals surface area contributed by atoms with Gasteiger partial charge in [-0.1, -0.05) is 6.92 Å². The molecule has 1 heterocycles. The van der Waals surface area contributed by atoms with Gasteiger partial charge < -0.3 is 20.3 Å². The Hall–Kier alpha value is -1.92.